The molecule has 1 heterocycles. The summed E-state index contributed by atoms with van der Waals surface area (Å²) in [6.45, 7) is 6.83. The number of benzene rings is 1. The molecule has 0 spiro atoms. The van der Waals surface area contributed by atoms with Gasteiger partial charge in [-0.1, -0.05) is 44.2 Å². The van der Waals surface area contributed by atoms with Crippen LogP contribution in [0, 0.1) is 12.3 Å². The monoisotopic (exact) mass is 324 g/mol. The van der Waals surface area contributed by atoms with Crippen molar-refractivity contribution in [2.75, 3.05) is 6.54 Å². The van der Waals surface area contributed by atoms with Gasteiger partial charge in [-0.2, -0.15) is 0 Å². The lowest BCUT2D eigenvalue weighted by Gasteiger charge is -2.22. The van der Waals surface area contributed by atoms with Gasteiger partial charge in [0.25, 0.3) is 5.91 Å². The second-order valence-electron chi connectivity index (χ2n) is 7.50. The SMILES string of the molecule is Cc1cc(=O)c(C(=O)NCC2(c3ccccc3)CC2(C)C)cn1C. The molecule has 1 unspecified atom stereocenters. The van der Waals surface area contributed by atoms with Crippen LogP contribution in [0.5, 0.6) is 0 Å². The van der Waals surface area contributed by atoms with Crippen LogP contribution in [-0.2, 0) is 12.5 Å². The molecule has 126 valence electrons. The fourth-order valence-corrected chi connectivity index (χ4v) is 3.59. The number of carbonyl (C=O) groups is 1. The maximum Gasteiger partial charge on any atom is 0.256 e. The first-order valence-electron chi connectivity index (χ1n) is 8.28. The molecule has 1 saturated carbocycles. The highest BCUT2D eigenvalue weighted by atomic mass is 16.2. The highest BCUT2D eigenvalue weighted by molar-refractivity contribution is 5.93. The standard InChI is InChI=1S/C20H24N2O2/c1-14-10-17(23)16(11-22(14)4)18(24)21-13-20(12-19(20,2)3)15-8-6-5-7-9-15/h5-11H,12-13H2,1-4H3,(H,21,24). The van der Waals surface area contributed by atoms with Crippen LogP contribution in [0.2, 0.25) is 0 Å². The lowest BCUT2D eigenvalue weighted by molar-refractivity contribution is 0.0946. The van der Waals surface area contributed by atoms with Crippen molar-refractivity contribution in [1.82, 2.24) is 9.88 Å². The van der Waals surface area contributed by atoms with E-state index in [4.69, 9.17) is 0 Å². The van der Waals surface area contributed by atoms with E-state index in [1.54, 1.807) is 10.8 Å². The van der Waals surface area contributed by atoms with Crippen molar-refractivity contribution in [2.45, 2.75) is 32.6 Å². The Morgan fingerprint density at radius 2 is 1.88 bits per heavy atom. The Labute approximate surface area is 142 Å². The molecule has 0 bridgehead atoms. The molecule has 24 heavy (non-hydrogen) atoms. The third-order valence-electron chi connectivity index (χ3n) is 5.52. The second kappa shape index (κ2) is 5.62. The summed E-state index contributed by atoms with van der Waals surface area (Å²) in [7, 11) is 1.83. The zero-order valence-electron chi connectivity index (χ0n) is 14.7. The van der Waals surface area contributed by atoms with Gasteiger partial charge in [0.2, 0.25) is 0 Å². The van der Waals surface area contributed by atoms with Crippen LogP contribution >= 0.6 is 0 Å². The van der Waals surface area contributed by atoms with Crippen LogP contribution in [0.1, 0.15) is 41.9 Å². The summed E-state index contributed by atoms with van der Waals surface area (Å²) in [5.41, 5.74) is 2.13. The number of aromatic nitrogens is 1. The van der Waals surface area contributed by atoms with E-state index in [9.17, 15) is 9.59 Å². The van der Waals surface area contributed by atoms with E-state index >= 15 is 0 Å². The van der Waals surface area contributed by atoms with Gasteiger partial charge < -0.3 is 9.88 Å². The van der Waals surface area contributed by atoms with Crippen LogP contribution in [-0.4, -0.2) is 17.0 Å². The molecule has 1 N–H and O–H groups in total. The average molecular weight is 324 g/mol. The highest BCUT2D eigenvalue weighted by Gasteiger charge is 2.61. The Bertz CT molecular complexity index is 836. The maximum atomic E-state index is 12.5. The van der Waals surface area contributed by atoms with Crippen LogP contribution in [0.15, 0.2) is 47.4 Å². The molecule has 0 radical (unpaired) electrons. The minimum absolute atomic E-state index is 0.0557. The normalized spacial score (nSPS) is 21.3. The number of amides is 1. The first-order chi connectivity index (χ1) is 11.3. The van der Waals surface area contributed by atoms with Gasteiger partial charge in [0.1, 0.15) is 5.56 Å². The lowest BCUT2D eigenvalue weighted by atomic mass is 9.88. The Kier molecular flexibility index (Phi) is 3.86. The van der Waals surface area contributed by atoms with Crippen molar-refractivity contribution >= 4 is 5.91 Å². The molecular formula is C20H24N2O2. The molecule has 0 aliphatic heterocycles. The van der Waals surface area contributed by atoms with Gasteiger partial charge in [-0.25, -0.2) is 0 Å². The third-order valence-corrected chi connectivity index (χ3v) is 5.52. The van der Waals surface area contributed by atoms with E-state index in [-0.39, 0.29) is 27.7 Å². The van der Waals surface area contributed by atoms with Crippen molar-refractivity contribution in [3.05, 3.63) is 69.6 Å². The van der Waals surface area contributed by atoms with Crippen LogP contribution < -0.4 is 10.7 Å². The topological polar surface area (TPSA) is 51.1 Å². The molecule has 1 fully saturated rings. The minimum Gasteiger partial charge on any atom is -0.354 e. The number of hydrogen-bond donors (Lipinski definition) is 1. The summed E-state index contributed by atoms with van der Waals surface area (Å²) in [6, 6.07) is 11.8. The number of nitrogens with one attached hydrogen (secondary N) is 1. The van der Waals surface area contributed by atoms with Gasteiger partial charge in [-0.15, -0.1) is 0 Å². The van der Waals surface area contributed by atoms with Gasteiger partial charge in [0.05, 0.1) is 0 Å². The fourth-order valence-electron chi connectivity index (χ4n) is 3.59. The maximum absolute atomic E-state index is 12.5. The molecule has 1 aliphatic rings. The molecule has 1 atom stereocenters. The van der Waals surface area contributed by atoms with E-state index in [0.717, 1.165) is 12.1 Å². The quantitative estimate of drug-likeness (QED) is 0.940. The first kappa shape index (κ1) is 16.5. The van der Waals surface area contributed by atoms with Crippen LogP contribution in [0.25, 0.3) is 0 Å². The van der Waals surface area contributed by atoms with Crippen molar-refractivity contribution in [1.29, 1.82) is 0 Å². The average Bonchev–Trinajstić information content (AvgIpc) is 3.12. The number of carbonyl (C=O) groups excluding carboxylic acids is 1. The summed E-state index contributed by atoms with van der Waals surface area (Å²) in [6.07, 6.45) is 2.64. The van der Waals surface area contributed by atoms with Crippen molar-refractivity contribution in [3.8, 4) is 0 Å². The number of nitrogens with zero attached hydrogens (tertiary/aromatic N) is 1. The van der Waals surface area contributed by atoms with E-state index in [0.29, 0.717) is 6.54 Å². The van der Waals surface area contributed by atoms with Crippen LogP contribution in [0.4, 0.5) is 0 Å². The minimum atomic E-state index is -0.298. The van der Waals surface area contributed by atoms with E-state index < -0.39 is 0 Å². The zero-order chi connectivity index (χ0) is 17.5. The van der Waals surface area contributed by atoms with Gasteiger partial charge in [0, 0.05) is 37.0 Å². The number of rotatable bonds is 4. The van der Waals surface area contributed by atoms with Gasteiger partial charge in [-0.05, 0) is 24.3 Å². The summed E-state index contributed by atoms with van der Waals surface area (Å²) in [5.74, 6) is -0.298. The van der Waals surface area contributed by atoms with E-state index in [1.165, 1.54) is 11.6 Å². The Morgan fingerprint density at radius 1 is 1.25 bits per heavy atom. The lowest BCUT2D eigenvalue weighted by Crippen LogP contribution is -2.37. The Morgan fingerprint density at radius 3 is 2.46 bits per heavy atom. The predicted octanol–water partition coefficient (Wildman–Crippen LogP) is 2.79. The largest absolute Gasteiger partial charge is 0.354 e. The Balaban J connectivity index is 1.81. The molecule has 4 nitrogen and oxygen atoms in total. The summed E-state index contributed by atoms with van der Waals surface area (Å²) in [5, 5.41) is 2.99. The van der Waals surface area contributed by atoms with Crippen LogP contribution in [0.3, 0.4) is 0 Å². The molecule has 4 heteroatoms. The summed E-state index contributed by atoms with van der Waals surface area (Å²) in [4.78, 5) is 24.6. The molecule has 3 rings (SSSR count). The summed E-state index contributed by atoms with van der Waals surface area (Å²) >= 11 is 0. The van der Waals surface area contributed by atoms with Gasteiger partial charge in [-0.3, -0.25) is 9.59 Å². The highest BCUT2D eigenvalue weighted by Crippen LogP contribution is 2.63. The van der Waals surface area contributed by atoms with Crippen molar-refractivity contribution < 1.29 is 4.79 Å². The second-order valence-corrected chi connectivity index (χ2v) is 7.50. The van der Waals surface area contributed by atoms with Crippen molar-refractivity contribution in [2.24, 2.45) is 12.5 Å². The molecule has 1 aromatic carbocycles. The van der Waals surface area contributed by atoms with Crippen molar-refractivity contribution in [3.63, 3.8) is 0 Å². The van der Waals surface area contributed by atoms with E-state index in [1.807, 2.05) is 32.2 Å². The van der Waals surface area contributed by atoms with E-state index in [2.05, 4.69) is 31.3 Å². The number of pyridine rings is 1. The molecular weight excluding hydrogens is 300 g/mol. The Hall–Kier alpha value is -2.36. The molecule has 1 amide bonds. The van der Waals surface area contributed by atoms with Gasteiger partial charge >= 0.3 is 0 Å². The molecule has 1 aromatic heterocycles. The number of hydrogen-bond acceptors (Lipinski definition) is 2. The summed E-state index contributed by atoms with van der Waals surface area (Å²) < 4.78 is 1.80. The molecule has 0 saturated heterocycles. The third kappa shape index (κ3) is 2.66. The predicted molar refractivity (Wildman–Crippen MR) is 95.3 cm³/mol. The van der Waals surface area contributed by atoms with Gasteiger partial charge in [0.15, 0.2) is 5.43 Å². The first-order valence-corrected chi connectivity index (χ1v) is 8.28. The number of aryl methyl sites for hydroxylation is 2. The molecule has 1 aliphatic carbocycles. The smallest absolute Gasteiger partial charge is 0.256 e. The fraction of sp³-hybridized carbons (Fsp3) is 0.400. The molecule has 2 aromatic rings. The zero-order valence-corrected chi connectivity index (χ0v) is 14.7.